The monoisotopic (exact) mass is 362 g/mol. The van der Waals surface area contributed by atoms with Crippen molar-refractivity contribution in [1.82, 2.24) is 5.16 Å². The van der Waals surface area contributed by atoms with E-state index in [4.69, 9.17) is 20.9 Å². The molecule has 25 heavy (non-hydrogen) atoms. The Morgan fingerprint density at radius 2 is 2.04 bits per heavy atom. The van der Waals surface area contributed by atoms with E-state index in [1.807, 2.05) is 13.8 Å². The van der Waals surface area contributed by atoms with Crippen molar-refractivity contribution in [3.8, 4) is 0 Å². The summed E-state index contributed by atoms with van der Waals surface area (Å²) in [5.41, 5.74) is 1.19. The van der Waals surface area contributed by atoms with Gasteiger partial charge in [0.05, 0.1) is 24.6 Å². The number of benzene rings is 1. The molecule has 0 spiro atoms. The molecule has 0 radical (unpaired) electrons. The van der Waals surface area contributed by atoms with E-state index >= 15 is 0 Å². The van der Waals surface area contributed by atoms with Crippen LogP contribution in [0.25, 0.3) is 0 Å². The highest BCUT2D eigenvalue weighted by Gasteiger charge is 2.34. The summed E-state index contributed by atoms with van der Waals surface area (Å²) in [5, 5.41) is 4.21. The molecule has 2 aromatic rings. The van der Waals surface area contributed by atoms with Crippen molar-refractivity contribution in [2.75, 3.05) is 12.0 Å². The third kappa shape index (κ3) is 3.39. The van der Waals surface area contributed by atoms with Crippen LogP contribution in [0.2, 0.25) is 5.02 Å². The van der Waals surface area contributed by atoms with Gasteiger partial charge in [-0.05, 0) is 44.9 Å². The Morgan fingerprint density at radius 3 is 2.64 bits per heavy atom. The third-order valence-electron chi connectivity index (χ3n) is 4.14. The number of aromatic nitrogens is 1. The summed E-state index contributed by atoms with van der Waals surface area (Å²) in [6, 6.07) is 4.61. The lowest BCUT2D eigenvalue weighted by Gasteiger charge is -2.27. The highest BCUT2D eigenvalue weighted by Crippen LogP contribution is 2.42. The van der Waals surface area contributed by atoms with Crippen LogP contribution in [0, 0.1) is 0 Å². The van der Waals surface area contributed by atoms with Crippen LogP contribution in [-0.4, -0.2) is 30.2 Å². The van der Waals surface area contributed by atoms with Crippen molar-refractivity contribution in [2.45, 2.75) is 38.6 Å². The maximum atomic E-state index is 13.1. The number of amides is 1. The number of anilines is 1. The largest absolute Gasteiger partial charge is 0.452 e. The minimum atomic E-state index is -0.556. The Bertz CT molecular complexity index is 811. The standard InChI is InChI=1S/C18H19ClN2O4/c1-10(2)21(18(23)24-3)15-8-12(19)6-7-13(15)16(22)14-9-20-25-17(14)11-4-5-11/h6-11H,4-5H2,1-3H3. The second kappa shape index (κ2) is 6.88. The van der Waals surface area contributed by atoms with Gasteiger partial charge in [-0.2, -0.15) is 0 Å². The molecule has 1 aliphatic rings. The van der Waals surface area contributed by atoms with Gasteiger partial charge in [0.15, 0.2) is 11.5 Å². The van der Waals surface area contributed by atoms with E-state index in [1.165, 1.54) is 18.2 Å². The Morgan fingerprint density at radius 1 is 1.32 bits per heavy atom. The molecule has 1 aliphatic carbocycles. The molecule has 0 unspecified atom stereocenters. The molecule has 0 aliphatic heterocycles. The van der Waals surface area contributed by atoms with Crippen LogP contribution in [0.1, 0.15) is 54.3 Å². The predicted octanol–water partition coefficient (Wildman–Crippen LogP) is 4.42. The van der Waals surface area contributed by atoms with E-state index < -0.39 is 6.09 Å². The second-order valence-electron chi connectivity index (χ2n) is 6.30. The van der Waals surface area contributed by atoms with Crippen LogP contribution in [-0.2, 0) is 4.74 Å². The minimum absolute atomic E-state index is 0.220. The van der Waals surface area contributed by atoms with E-state index in [2.05, 4.69) is 5.16 Å². The Kier molecular flexibility index (Phi) is 4.81. The van der Waals surface area contributed by atoms with Gasteiger partial charge in [-0.1, -0.05) is 16.8 Å². The number of carbonyl (C=O) groups excluding carboxylic acids is 2. The molecule has 132 valence electrons. The van der Waals surface area contributed by atoms with Gasteiger partial charge in [0.2, 0.25) is 0 Å². The van der Waals surface area contributed by atoms with Gasteiger partial charge in [-0.25, -0.2) is 4.79 Å². The molecule has 1 aromatic carbocycles. The fraction of sp³-hybridized carbons (Fsp3) is 0.389. The lowest BCUT2D eigenvalue weighted by molar-refractivity contribution is 0.103. The van der Waals surface area contributed by atoms with Crippen LogP contribution < -0.4 is 4.90 Å². The molecule has 0 atom stereocenters. The SMILES string of the molecule is COC(=O)N(c1cc(Cl)ccc1C(=O)c1cnoc1C1CC1)C(C)C. The van der Waals surface area contributed by atoms with Crippen LogP contribution in [0.3, 0.4) is 0 Å². The molecule has 1 amide bonds. The summed E-state index contributed by atoms with van der Waals surface area (Å²) < 4.78 is 10.1. The fourth-order valence-electron chi connectivity index (χ4n) is 2.79. The first-order chi connectivity index (χ1) is 11.9. The molecule has 1 saturated carbocycles. The Labute approximate surface area is 150 Å². The lowest BCUT2D eigenvalue weighted by atomic mass is 10.00. The van der Waals surface area contributed by atoms with Crippen molar-refractivity contribution in [1.29, 1.82) is 0 Å². The van der Waals surface area contributed by atoms with E-state index in [0.717, 1.165) is 12.8 Å². The Balaban J connectivity index is 2.08. The molecule has 1 fully saturated rings. The normalized spacial score (nSPS) is 13.8. The smallest absolute Gasteiger partial charge is 0.414 e. The summed E-state index contributed by atoms with van der Waals surface area (Å²) in [4.78, 5) is 26.7. The molecule has 1 aromatic heterocycles. The predicted molar refractivity (Wildman–Crippen MR) is 93.4 cm³/mol. The van der Waals surface area contributed by atoms with Crippen LogP contribution in [0.15, 0.2) is 28.9 Å². The highest BCUT2D eigenvalue weighted by atomic mass is 35.5. The van der Waals surface area contributed by atoms with Crippen molar-refractivity contribution >= 4 is 29.2 Å². The lowest BCUT2D eigenvalue weighted by Crippen LogP contribution is -2.38. The van der Waals surface area contributed by atoms with E-state index in [1.54, 1.807) is 18.2 Å². The number of hydrogen-bond donors (Lipinski definition) is 0. The molecule has 6 nitrogen and oxygen atoms in total. The van der Waals surface area contributed by atoms with Gasteiger partial charge in [0, 0.05) is 22.5 Å². The van der Waals surface area contributed by atoms with Gasteiger partial charge in [0.25, 0.3) is 0 Å². The highest BCUT2D eigenvalue weighted by molar-refractivity contribution is 6.31. The van der Waals surface area contributed by atoms with Crippen molar-refractivity contribution in [3.05, 3.63) is 46.3 Å². The molecule has 0 N–H and O–H groups in total. The quantitative estimate of drug-likeness (QED) is 0.736. The number of nitrogens with zero attached hydrogens (tertiary/aromatic N) is 2. The average Bonchev–Trinajstić information content (AvgIpc) is 3.31. The molecule has 7 heteroatoms. The van der Waals surface area contributed by atoms with Crippen molar-refractivity contribution in [2.24, 2.45) is 0 Å². The molecular formula is C18H19ClN2O4. The topological polar surface area (TPSA) is 72.6 Å². The van der Waals surface area contributed by atoms with Crippen molar-refractivity contribution < 1.29 is 18.8 Å². The molecule has 0 saturated heterocycles. The zero-order valence-corrected chi connectivity index (χ0v) is 15.0. The maximum Gasteiger partial charge on any atom is 0.414 e. The second-order valence-corrected chi connectivity index (χ2v) is 6.74. The zero-order chi connectivity index (χ0) is 18.1. The number of hydrogen-bond acceptors (Lipinski definition) is 5. The first-order valence-corrected chi connectivity index (χ1v) is 8.47. The van der Waals surface area contributed by atoms with Gasteiger partial charge >= 0.3 is 6.09 Å². The number of carbonyl (C=O) groups is 2. The summed E-state index contributed by atoms with van der Waals surface area (Å²) in [5.74, 6) is 0.614. The maximum absolute atomic E-state index is 13.1. The first kappa shape index (κ1) is 17.5. The molecule has 1 heterocycles. The number of rotatable bonds is 5. The van der Waals surface area contributed by atoms with Crippen molar-refractivity contribution in [3.63, 3.8) is 0 Å². The molecule has 3 rings (SSSR count). The zero-order valence-electron chi connectivity index (χ0n) is 14.3. The van der Waals surface area contributed by atoms with Gasteiger partial charge in [-0.3, -0.25) is 9.69 Å². The number of methoxy groups -OCH3 is 1. The van der Waals surface area contributed by atoms with E-state index in [-0.39, 0.29) is 17.7 Å². The summed E-state index contributed by atoms with van der Waals surface area (Å²) in [6.07, 6.45) is 2.86. The number of ketones is 1. The summed E-state index contributed by atoms with van der Waals surface area (Å²) in [7, 11) is 1.30. The van der Waals surface area contributed by atoms with E-state index in [9.17, 15) is 9.59 Å². The third-order valence-corrected chi connectivity index (χ3v) is 4.38. The van der Waals surface area contributed by atoms with Crippen LogP contribution in [0.4, 0.5) is 10.5 Å². The van der Waals surface area contributed by atoms with Crippen LogP contribution >= 0.6 is 11.6 Å². The summed E-state index contributed by atoms with van der Waals surface area (Å²) in [6.45, 7) is 3.67. The minimum Gasteiger partial charge on any atom is -0.452 e. The number of ether oxygens (including phenoxy) is 1. The number of halogens is 1. The van der Waals surface area contributed by atoms with Gasteiger partial charge in [0.1, 0.15) is 0 Å². The Hall–Kier alpha value is -2.34. The van der Waals surface area contributed by atoms with Crippen LogP contribution in [0.5, 0.6) is 0 Å². The average molecular weight is 363 g/mol. The molecular weight excluding hydrogens is 344 g/mol. The first-order valence-electron chi connectivity index (χ1n) is 8.10. The van der Waals surface area contributed by atoms with Gasteiger partial charge in [-0.15, -0.1) is 0 Å². The summed E-state index contributed by atoms with van der Waals surface area (Å²) >= 11 is 6.11. The van der Waals surface area contributed by atoms with Gasteiger partial charge < -0.3 is 9.26 Å². The molecule has 0 bridgehead atoms. The van der Waals surface area contributed by atoms with E-state index in [0.29, 0.717) is 27.6 Å². The fourth-order valence-corrected chi connectivity index (χ4v) is 2.95.